The van der Waals surface area contributed by atoms with Crippen molar-refractivity contribution in [3.63, 3.8) is 0 Å². The Bertz CT molecular complexity index is 675. The van der Waals surface area contributed by atoms with Gasteiger partial charge >= 0.3 is 0 Å². The summed E-state index contributed by atoms with van der Waals surface area (Å²) in [5.41, 5.74) is 7.61. The molecule has 0 aliphatic carbocycles. The zero-order valence-electron chi connectivity index (χ0n) is 13.2. The van der Waals surface area contributed by atoms with Crippen molar-refractivity contribution in [3.05, 3.63) is 65.2 Å². The molecule has 4 nitrogen and oxygen atoms in total. The maximum Gasteiger partial charge on any atom is 0.259 e. The number of hydrogen-bond donors (Lipinski definition) is 2. The molecule has 2 aromatic rings. The summed E-state index contributed by atoms with van der Waals surface area (Å²) >= 11 is 0. The molecule has 2 aromatic carbocycles. The number of aryl methyl sites for hydroxylation is 2. The molecule has 0 fully saturated rings. The molecule has 0 saturated heterocycles. The number of nitrogens with one attached hydrogen (secondary N) is 2. The summed E-state index contributed by atoms with van der Waals surface area (Å²) in [6.45, 7) is 6.10. The molecule has 114 valence electrons. The Morgan fingerprint density at radius 3 is 2.41 bits per heavy atom. The van der Waals surface area contributed by atoms with Crippen LogP contribution in [0.15, 0.2) is 53.6 Å². The second-order valence-electron chi connectivity index (χ2n) is 5.27. The molecule has 2 N–H and O–H groups in total. The number of para-hydroxylation sites is 1. The second kappa shape index (κ2) is 7.41. The molecule has 4 heteroatoms. The fourth-order valence-corrected chi connectivity index (χ4v) is 1.99. The Morgan fingerprint density at radius 2 is 1.73 bits per heavy atom. The highest BCUT2D eigenvalue weighted by atomic mass is 16.2. The van der Waals surface area contributed by atoms with Gasteiger partial charge in [0.1, 0.15) is 0 Å². The lowest BCUT2D eigenvalue weighted by Crippen LogP contribution is -2.27. The standard InChI is InChI=1S/C18H21N3O/c1-13-8-10-16(11-9-13)15(3)20-21-18(22)12-19-17-7-5-4-6-14(17)2/h4-11,19H,12H2,1-3H3,(H,21,22)/b20-15-. The van der Waals surface area contributed by atoms with Gasteiger partial charge < -0.3 is 5.32 Å². The minimum atomic E-state index is -0.172. The van der Waals surface area contributed by atoms with E-state index < -0.39 is 0 Å². The molecule has 0 atom stereocenters. The molecule has 0 aromatic heterocycles. The molecule has 22 heavy (non-hydrogen) atoms. The topological polar surface area (TPSA) is 53.5 Å². The van der Waals surface area contributed by atoms with Gasteiger partial charge in [-0.1, -0.05) is 48.0 Å². The Labute approximate surface area is 131 Å². The third-order valence-corrected chi connectivity index (χ3v) is 3.40. The van der Waals surface area contributed by atoms with Crippen molar-refractivity contribution in [2.24, 2.45) is 5.10 Å². The fourth-order valence-electron chi connectivity index (χ4n) is 1.99. The van der Waals surface area contributed by atoms with Crippen LogP contribution in [-0.4, -0.2) is 18.2 Å². The first-order valence-corrected chi connectivity index (χ1v) is 7.26. The number of amides is 1. The van der Waals surface area contributed by atoms with E-state index in [0.29, 0.717) is 0 Å². The number of benzene rings is 2. The molecule has 0 aliphatic heterocycles. The van der Waals surface area contributed by atoms with Crippen molar-refractivity contribution >= 4 is 17.3 Å². The van der Waals surface area contributed by atoms with E-state index in [4.69, 9.17) is 0 Å². The first kappa shape index (κ1) is 15.8. The number of rotatable bonds is 5. The third kappa shape index (κ3) is 4.45. The van der Waals surface area contributed by atoms with Crippen LogP contribution in [0.4, 0.5) is 5.69 Å². The van der Waals surface area contributed by atoms with Gasteiger partial charge in [0.2, 0.25) is 0 Å². The lowest BCUT2D eigenvalue weighted by Gasteiger charge is -2.08. The van der Waals surface area contributed by atoms with E-state index in [9.17, 15) is 4.79 Å². The van der Waals surface area contributed by atoms with E-state index >= 15 is 0 Å². The smallest absolute Gasteiger partial charge is 0.259 e. The van der Waals surface area contributed by atoms with Gasteiger partial charge in [-0.15, -0.1) is 0 Å². The van der Waals surface area contributed by atoms with Gasteiger partial charge in [-0.25, -0.2) is 5.43 Å². The van der Waals surface area contributed by atoms with E-state index in [1.165, 1.54) is 5.56 Å². The largest absolute Gasteiger partial charge is 0.376 e. The molecule has 0 unspecified atom stereocenters. The minimum absolute atomic E-state index is 0.172. The molecule has 0 radical (unpaired) electrons. The molecule has 0 spiro atoms. The van der Waals surface area contributed by atoms with Crippen LogP contribution < -0.4 is 10.7 Å². The summed E-state index contributed by atoms with van der Waals surface area (Å²) < 4.78 is 0. The van der Waals surface area contributed by atoms with Crippen molar-refractivity contribution in [1.29, 1.82) is 0 Å². The van der Waals surface area contributed by atoms with Crippen LogP contribution in [0.5, 0.6) is 0 Å². The highest BCUT2D eigenvalue weighted by molar-refractivity contribution is 5.99. The molecular formula is C18H21N3O. The molecule has 2 rings (SSSR count). The normalized spacial score (nSPS) is 11.1. The van der Waals surface area contributed by atoms with Crippen LogP contribution in [0.3, 0.4) is 0 Å². The van der Waals surface area contributed by atoms with Gasteiger partial charge in [-0.2, -0.15) is 5.10 Å². The second-order valence-corrected chi connectivity index (χ2v) is 5.27. The van der Waals surface area contributed by atoms with E-state index in [2.05, 4.69) is 15.8 Å². The number of nitrogens with zero attached hydrogens (tertiary/aromatic N) is 1. The maximum absolute atomic E-state index is 11.8. The number of carbonyl (C=O) groups excluding carboxylic acids is 1. The zero-order valence-corrected chi connectivity index (χ0v) is 13.2. The first-order valence-electron chi connectivity index (χ1n) is 7.26. The molecule has 1 amide bonds. The zero-order chi connectivity index (χ0) is 15.9. The van der Waals surface area contributed by atoms with Gasteiger partial charge in [0.15, 0.2) is 0 Å². The Hall–Kier alpha value is -2.62. The van der Waals surface area contributed by atoms with Crippen LogP contribution in [0.25, 0.3) is 0 Å². The quantitative estimate of drug-likeness (QED) is 0.657. The van der Waals surface area contributed by atoms with Crippen LogP contribution in [0.2, 0.25) is 0 Å². The minimum Gasteiger partial charge on any atom is -0.376 e. The highest BCUT2D eigenvalue weighted by Gasteiger charge is 2.02. The number of hydrazone groups is 1. The van der Waals surface area contributed by atoms with Crippen molar-refractivity contribution < 1.29 is 4.79 Å². The number of carbonyl (C=O) groups is 1. The van der Waals surface area contributed by atoms with Crippen molar-refractivity contribution in [2.45, 2.75) is 20.8 Å². The first-order chi connectivity index (χ1) is 10.6. The average Bonchev–Trinajstić information content (AvgIpc) is 2.52. The van der Waals surface area contributed by atoms with Gasteiger partial charge in [0.05, 0.1) is 12.3 Å². The lowest BCUT2D eigenvalue weighted by atomic mass is 10.1. The third-order valence-electron chi connectivity index (χ3n) is 3.40. The Morgan fingerprint density at radius 1 is 1.05 bits per heavy atom. The van der Waals surface area contributed by atoms with Gasteiger partial charge in [-0.3, -0.25) is 4.79 Å². The summed E-state index contributed by atoms with van der Waals surface area (Å²) in [6.07, 6.45) is 0. The van der Waals surface area contributed by atoms with Gasteiger partial charge in [0, 0.05) is 5.69 Å². The van der Waals surface area contributed by atoms with Crippen molar-refractivity contribution in [3.8, 4) is 0 Å². The molecule has 0 saturated carbocycles. The molecule has 0 bridgehead atoms. The van der Waals surface area contributed by atoms with Gasteiger partial charge in [0.25, 0.3) is 5.91 Å². The van der Waals surface area contributed by atoms with Crippen LogP contribution in [-0.2, 0) is 4.79 Å². The molecular weight excluding hydrogens is 274 g/mol. The summed E-state index contributed by atoms with van der Waals surface area (Å²) in [4.78, 5) is 11.8. The lowest BCUT2D eigenvalue weighted by molar-refractivity contribution is -0.119. The monoisotopic (exact) mass is 295 g/mol. The van der Waals surface area contributed by atoms with Crippen molar-refractivity contribution in [2.75, 3.05) is 11.9 Å². The van der Waals surface area contributed by atoms with Crippen LogP contribution >= 0.6 is 0 Å². The predicted octanol–water partition coefficient (Wildman–Crippen LogP) is 3.26. The maximum atomic E-state index is 11.8. The number of anilines is 1. The summed E-state index contributed by atoms with van der Waals surface area (Å²) in [6, 6.07) is 15.9. The summed E-state index contributed by atoms with van der Waals surface area (Å²) in [5, 5.41) is 7.24. The van der Waals surface area contributed by atoms with E-state index in [-0.39, 0.29) is 12.5 Å². The SMILES string of the molecule is C/C(=N/NC(=O)CNc1ccccc1C)c1ccc(C)cc1. The number of hydrogen-bond acceptors (Lipinski definition) is 3. The van der Waals surface area contributed by atoms with Crippen LogP contribution in [0.1, 0.15) is 23.6 Å². The van der Waals surface area contributed by atoms with Crippen molar-refractivity contribution in [1.82, 2.24) is 5.43 Å². The van der Waals surface area contributed by atoms with E-state index in [1.807, 2.05) is 69.3 Å². The fraction of sp³-hybridized carbons (Fsp3) is 0.222. The average molecular weight is 295 g/mol. The van der Waals surface area contributed by atoms with Crippen LogP contribution in [0, 0.1) is 13.8 Å². The van der Waals surface area contributed by atoms with Gasteiger partial charge in [-0.05, 0) is 38.0 Å². The molecule has 0 heterocycles. The Kier molecular flexibility index (Phi) is 5.31. The summed E-state index contributed by atoms with van der Waals surface area (Å²) in [7, 11) is 0. The summed E-state index contributed by atoms with van der Waals surface area (Å²) in [5.74, 6) is -0.172. The van der Waals surface area contributed by atoms with E-state index in [1.54, 1.807) is 0 Å². The highest BCUT2D eigenvalue weighted by Crippen LogP contribution is 2.12. The van der Waals surface area contributed by atoms with E-state index in [0.717, 1.165) is 22.5 Å². The predicted molar refractivity (Wildman–Crippen MR) is 91.2 cm³/mol. The Balaban J connectivity index is 1.88. The molecule has 0 aliphatic rings.